The van der Waals surface area contributed by atoms with Crippen molar-refractivity contribution >= 4 is 11.0 Å². The normalized spacial score (nSPS) is 15.4. The van der Waals surface area contributed by atoms with Gasteiger partial charge in [0, 0.05) is 39.2 Å². The van der Waals surface area contributed by atoms with E-state index in [0.29, 0.717) is 5.92 Å². The van der Waals surface area contributed by atoms with Gasteiger partial charge in [-0.3, -0.25) is 4.90 Å². The first kappa shape index (κ1) is 13.6. The molecule has 4 nitrogen and oxygen atoms in total. The Bertz CT molecular complexity index is 630. The van der Waals surface area contributed by atoms with Gasteiger partial charge >= 0.3 is 0 Å². The molecule has 1 aromatic carbocycles. The van der Waals surface area contributed by atoms with E-state index in [1.807, 2.05) is 0 Å². The SMILES string of the molecule is CC(C)c1nc2cc3c(cc2n1C)CN(CCCO)C3. The fraction of sp³-hybridized carbons (Fsp3) is 0.562. The fourth-order valence-electron chi connectivity index (χ4n) is 3.14. The van der Waals surface area contributed by atoms with E-state index in [-0.39, 0.29) is 6.61 Å². The first-order valence-corrected chi connectivity index (χ1v) is 7.41. The van der Waals surface area contributed by atoms with E-state index < -0.39 is 0 Å². The minimum atomic E-state index is 0.272. The lowest BCUT2D eigenvalue weighted by Crippen LogP contribution is -2.18. The van der Waals surface area contributed by atoms with Crippen molar-refractivity contribution in [3.8, 4) is 0 Å². The van der Waals surface area contributed by atoms with Crippen LogP contribution in [0.5, 0.6) is 0 Å². The number of nitrogens with zero attached hydrogens (tertiary/aromatic N) is 3. The molecule has 2 heterocycles. The maximum absolute atomic E-state index is 8.94. The highest BCUT2D eigenvalue weighted by Crippen LogP contribution is 2.29. The van der Waals surface area contributed by atoms with Gasteiger partial charge in [-0.15, -0.1) is 0 Å². The molecular formula is C16H23N3O. The summed E-state index contributed by atoms with van der Waals surface area (Å²) in [5.74, 6) is 1.60. The third kappa shape index (κ3) is 2.23. The summed E-state index contributed by atoms with van der Waals surface area (Å²) in [6.45, 7) is 7.59. The molecule has 108 valence electrons. The molecule has 0 unspecified atom stereocenters. The van der Waals surface area contributed by atoms with Gasteiger partial charge < -0.3 is 9.67 Å². The summed E-state index contributed by atoms with van der Waals surface area (Å²) in [6.07, 6.45) is 0.850. The zero-order valence-electron chi connectivity index (χ0n) is 12.6. The van der Waals surface area contributed by atoms with Crippen LogP contribution in [0.3, 0.4) is 0 Å². The van der Waals surface area contributed by atoms with Crippen molar-refractivity contribution in [1.82, 2.24) is 14.5 Å². The molecule has 0 saturated carbocycles. The first-order chi connectivity index (χ1) is 9.60. The quantitative estimate of drug-likeness (QED) is 0.930. The van der Waals surface area contributed by atoms with Gasteiger partial charge in [-0.1, -0.05) is 13.8 Å². The van der Waals surface area contributed by atoms with Crippen LogP contribution in [0.15, 0.2) is 12.1 Å². The molecule has 2 aromatic rings. The van der Waals surface area contributed by atoms with Crippen molar-refractivity contribution in [3.05, 3.63) is 29.1 Å². The van der Waals surface area contributed by atoms with E-state index >= 15 is 0 Å². The van der Waals surface area contributed by atoms with Crippen LogP contribution in [0.25, 0.3) is 11.0 Å². The number of aliphatic hydroxyl groups excluding tert-OH is 1. The van der Waals surface area contributed by atoms with E-state index in [1.54, 1.807) is 0 Å². The maximum Gasteiger partial charge on any atom is 0.112 e. The summed E-state index contributed by atoms with van der Waals surface area (Å²) in [6, 6.07) is 4.54. The van der Waals surface area contributed by atoms with E-state index in [1.165, 1.54) is 16.6 Å². The monoisotopic (exact) mass is 273 g/mol. The summed E-state index contributed by atoms with van der Waals surface area (Å²) in [4.78, 5) is 7.17. The number of aromatic nitrogens is 2. The third-order valence-corrected chi connectivity index (χ3v) is 4.17. The Hall–Kier alpha value is -1.39. The van der Waals surface area contributed by atoms with Crippen molar-refractivity contribution in [2.24, 2.45) is 7.05 Å². The second-order valence-corrected chi connectivity index (χ2v) is 6.08. The Morgan fingerprint density at radius 1 is 1.25 bits per heavy atom. The maximum atomic E-state index is 8.94. The van der Waals surface area contributed by atoms with Crippen molar-refractivity contribution in [1.29, 1.82) is 0 Å². The topological polar surface area (TPSA) is 41.3 Å². The van der Waals surface area contributed by atoms with Crippen molar-refractivity contribution < 1.29 is 5.11 Å². The predicted molar refractivity (Wildman–Crippen MR) is 80.6 cm³/mol. The van der Waals surface area contributed by atoms with Crippen LogP contribution >= 0.6 is 0 Å². The lowest BCUT2D eigenvalue weighted by molar-refractivity contribution is 0.226. The van der Waals surface area contributed by atoms with Crippen LogP contribution < -0.4 is 0 Å². The number of rotatable bonds is 4. The minimum Gasteiger partial charge on any atom is -0.396 e. The molecule has 3 rings (SSSR count). The summed E-state index contributed by atoms with van der Waals surface area (Å²) in [7, 11) is 2.11. The highest BCUT2D eigenvalue weighted by Gasteiger charge is 2.21. The summed E-state index contributed by atoms with van der Waals surface area (Å²) < 4.78 is 2.22. The molecule has 0 spiro atoms. The number of aliphatic hydroxyl groups is 1. The molecule has 0 radical (unpaired) electrons. The summed E-state index contributed by atoms with van der Waals surface area (Å²) in [5.41, 5.74) is 5.15. The Balaban J connectivity index is 1.94. The fourth-order valence-corrected chi connectivity index (χ4v) is 3.14. The number of imidazole rings is 1. The molecule has 1 N–H and O–H groups in total. The van der Waals surface area contributed by atoms with Gasteiger partial charge in [-0.2, -0.15) is 0 Å². The third-order valence-electron chi connectivity index (χ3n) is 4.17. The second-order valence-electron chi connectivity index (χ2n) is 6.08. The van der Waals surface area contributed by atoms with Crippen LogP contribution in [-0.2, 0) is 20.1 Å². The van der Waals surface area contributed by atoms with Gasteiger partial charge in [0.15, 0.2) is 0 Å². The molecule has 0 bridgehead atoms. The number of hydrogen-bond acceptors (Lipinski definition) is 3. The van der Waals surface area contributed by atoms with E-state index in [2.05, 4.69) is 42.5 Å². The highest BCUT2D eigenvalue weighted by molar-refractivity contribution is 5.78. The largest absolute Gasteiger partial charge is 0.396 e. The molecule has 1 aromatic heterocycles. The van der Waals surface area contributed by atoms with Gasteiger partial charge in [0.1, 0.15) is 5.82 Å². The molecule has 0 aliphatic carbocycles. The van der Waals surface area contributed by atoms with Gasteiger partial charge in [0.25, 0.3) is 0 Å². The Kier molecular flexibility index (Phi) is 3.52. The molecule has 0 atom stereocenters. The highest BCUT2D eigenvalue weighted by atomic mass is 16.3. The summed E-state index contributed by atoms with van der Waals surface area (Å²) in [5, 5.41) is 8.94. The van der Waals surface area contributed by atoms with E-state index in [4.69, 9.17) is 10.1 Å². The van der Waals surface area contributed by atoms with Crippen LogP contribution in [0.2, 0.25) is 0 Å². The molecule has 0 fully saturated rings. The molecule has 0 saturated heterocycles. The number of fused-ring (bicyclic) bond motifs is 2. The molecule has 4 heteroatoms. The zero-order valence-corrected chi connectivity index (χ0v) is 12.6. The number of hydrogen-bond donors (Lipinski definition) is 1. The van der Waals surface area contributed by atoms with Crippen molar-refractivity contribution in [2.75, 3.05) is 13.2 Å². The molecular weight excluding hydrogens is 250 g/mol. The van der Waals surface area contributed by atoms with Gasteiger partial charge in [0.05, 0.1) is 11.0 Å². The average Bonchev–Trinajstić information content (AvgIpc) is 2.95. The zero-order chi connectivity index (χ0) is 14.3. The predicted octanol–water partition coefficient (Wildman–Crippen LogP) is 2.39. The van der Waals surface area contributed by atoms with Crippen molar-refractivity contribution in [2.45, 2.75) is 39.3 Å². The lowest BCUT2D eigenvalue weighted by atomic mass is 10.1. The number of aryl methyl sites for hydroxylation is 1. The van der Waals surface area contributed by atoms with Crippen LogP contribution in [0, 0.1) is 0 Å². The van der Waals surface area contributed by atoms with Gasteiger partial charge in [-0.05, 0) is 29.7 Å². The Morgan fingerprint density at radius 3 is 2.60 bits per heavy atom. The van der Waals surface area contributed by atoms with Crippen LogP contribution in [-0.4, -0.2) is 32.7 Å². The first-order valence-electron chi connectivity index (χ1n) is 7.41. The molecule has 0 amide bonds. The lowest BCUT2D eigenvalue weighted by Gasteiger charge is -2.12. The molecule has 20 heavy (non-hydrogen) atoms. The van der Waals surface area contributed by atoms with E-state index in [9.17, 15) is 0 Å². The van der Waals surface area contributed by atoms with Crippen LogP contribution in [0.1, 0.15) is 43.1 Å². The number of benzene rings is 1. The molecule has 1 aliphatic rings. The summed E-state index contributed by atoms with van der Waals surface area (Å²) >= 11 is 0. The van der Waals surface area contributed by atoms with E-state index in [0.717, 1.165) is 37.4 Å². The second kappa shape index (κ2) is 5.19. The average molecular weight is 273 g/mol. The van der Waals surface area contributed by atoms with Gasteiger partial charge in [-0.25, -0.2) is 4.98 Å². The van der Waals surface area contributed by atoms with Crippen LogP contribution in [0.4, 0.5) is 0 Å². The Labute approximate surface area is 120 Å². The minimum absolute atomic E-state index is 0.272. The standard InChI is InChI=1S/C16H23N3O/c1-11(2)16-17-14-7-12-9-19(5-4-6-20)10-13(12)8-15(14)18(16)3/h7-8,11,20H,4-6,9-10H2,1-3H3. The molecule has 1 aliphatic heterocycles. The van der Waals surface area contributed by atoms with Crippen molar-refractivity contribution in [3.63, 3.8) is 0 Å². The Morgan fingerprint density at radius 2 is 1.95 bits per heavy atom. The van der Waals surface area contributed by atoms with Gasteiger partial charge in [0.2, 0.25) is 0 Å². The smallest absolute Gasteiger partial charge is 0.112 e.